The zero-order valence-electron chi connectivity index (χ0n) is 19.1. The number of rotatable bonds is 6. The lowest BCUT2D eigenvalue weighted by Gasteiger charge is -2.28. The van der Waals surface area contributed by atoms with E-state index in [0.29, 0.717) is 26.1 Å². The first-order valence-corrected chi connectivity index (χ1v) is 10.5. The van der Waals surface area contributed by atoms with Crippen molar-refractivity contribution in [3.05, 3.63) is 35.4 Å². The molecule has 1 aliphatic heterocycles. The predicted molar refractivity (Wildman–Crippen MR) is 114 cm³/mol. The second-order valence-electron chi connectivity index (χ2n) is 9.95. The molecule has 0 aromatic heterocycles. The number of benzene rings is 1. The SMILES string of the molecule is CC(C)(C)OC(=O)[C@@H](Cc1cccc(CON)c1)[C@H]1CCN(C(=O)OC(C)(C)C)C1. The lowest BCUT2D eigenvalue weighted by molar-refractivity contribution is -0.161. The number of ether oxygens (including phenoxy) is 2. The summed E-state index contributed by atoms with van der Waals surface area (Å²) in [4.78, 5) is 31.9. The van der Waals surface area contributed by atoms with Crippen LogP contribution in [0.1, 0.15) is 59.1 Å². The minimum Gasteiger partial charge on any atom is -0.460 e. The molecule has 0 spiro atoms. The highest BCUT2D eigenvalue weighted by Crippen LogP contribution is 2.30. The maximum absolute atomic E-state index is 13.1. The van der Waals surface area contributed by atoms with Crippen LogP contribution in [0, 0.1) is 11.8 Å². The van der Waals surface area contributed by atoms with Crippen LogP contribution in [0.15, 0.2) is 24.3 Å². The molecule has 1 amide bonds. The molecule has 2 N–H and O–H groups in total. The van der Waals surface area contributed by atoms with E-state index in [4.69, 9.17) is 20.2 Å². The van der Waals surface area contributed by atoms with Gasteiger partial charge in [-0.3, -0.25) is 9.63 Å². The number of carbonyl (C=O) groups is 2. The van der Waals surface area contributed by atoms with Crippen molar-refractivity contribution in [2.75, 3.05) is 13.1 Å². The Labute approximate surface area is 179 Å². The van der Waals surface area contributed by atoms with Crippen molar-refractivity contribution in [2.24, 2.45) is 17.7 Å². The van der Waals surface area contributed by atoms with Gasteiger partial charge in [-0.1, -0.05) is 24.3 Å². The monoisotopic (exact) mass is 420 g/mol. The molecule has 2 atom stereocenters. The number of likely N-dealkylation sites (tertiary alicyclic amines) is 1. The smallest absolute Gasteiger partial charge is 0.410 e. The average molecular weight is 421 g/mol. The molecule has 1 aromatic rings. The Kier molecular flexibility index (Phi) is 7.88. The molecule has 168 valence electrons. The van der Waals surface area contributed by atoms with Crippen LogP contribution in [0.25, 0.3) is 0 Å². The topological polar surface area (TPSA) is 91.1 Å². The van der Waals surface area contributed by atoms with Crippen LogP contribution in [0.3, 0.4) is 0 Å². The number of hydrogen-bond acceptors (Lipinski definition) is 6. The molecule has 1 aliphatic rings. The Bertz CT molecular complexity index is 736. The van der Waals surface area contributed by atoms with Crippen LogP contribution < -0.4 is 5.90 Å². The van der Waals surface area contributed by atoms with Gasteiger partial charge in [-0.15, -0.1) is 0 Å². The van der Waals surface area contributed by atoms with Crippen LogP contribution in [0.4, 0.5) is 4.79 Å². The summed E-state index contributed by atoms with van der Waals surface area (Å²) in [5.41, 5.74) is 0.829. The maximum atomic E-state index is 13.1. The molecule has 30 heavy (non-hydrogen) atoms. The first-order chi connectivity index (χ1) is 13.9. The normalized spacial score (nSPS) is 18.2. The lowest BCUT2D eigenvalue weighted by Crippen LogP contribution is -2.38. The number of nitrogens with zero attached hydrogens (tertiary/aromatic N) is 1. The van der Waals surface area contributed by atoms with E-state index in [1.807, 2.05) is 65.8 Å². The third-order valence-electron chi connectivity index (χ3n) is 4.85. The van der Waals surface area contributed by atoms with E-state index in [9.17, 15) is 9.59 Å². The molecule has 1 aromatic carbocycles. The van der Waals surface area contributed by atoms with Gasteiger partial charge >= 0.3 is 12.1 Å². The largest absolute Gasteiger partial charge is 0.460 e. The number of amides is 1. The van der Waals surface area contributed by atoms with Crippen molar-refractivity contribution in [3.8, 4) is 0 Å². The summed E-state index contributed by atoms with van der Waals surface area (Å²) in [6, 6.07) is 7.83. The summed E-state index contributed by atoms with van der Waals surface area (Å²) < 4.78 is 11.2. The van der Waals surface area contributed by atoms with Crippen molar-refractivity contribution >= 4 is 12.1 Å². The Morgan fingerprint density at radius 2 is 1.73 bits per heavy atom. The highest BCUT2D eigenvalue weighted by atomic mass is 16.6. The molecule has 1 fully saturated rings. The van der Waals surface area contributed by atoms with Gasteiger partial charge < -0.3 is 14.4 Å². The van der Waals surface area contributed by atoms with Gasteiger partial charge in [0, 0.05) is 13.1 Å². The summed E-state index contributed by atoms with van der Waals surface area (Å²) >= 11 is 0. The molecule has 0 radical (unpaired) electrons. The fraction of sp³-hybridized carbons (Fsp3) is 0.652. The predicted octanol–water partition coefficient (Wildman–Crippen LogP) is 3.83. The van der Waals surface area contributed by atoms with Crippen molar-refractivity contribution < 1.29 is 23.9 Å². The Morgan fingerprint density at radius 1 is 1.10 bits per heavy atom. The molecule has 1 saturated heterocycles. The fourth-order valence-corrected chi connectivity index (χ4v) is 3.62. The van der Waals surface area contributed by atoms with Gasteiger partial charge in [0.25, 0.3) is 0 Å². The molecule has 2 rings (SSSR count). The Hall–Kier alpha value is -2.12. The van der Waals surface area contributed by atoms with E-state index in [2.05, 4.69) is 0 Å². The van der Waals surface area contributed by atoms with E-state index in [1.165, 1.54) is 0 Å². The third kappa shape index (κ3) is 7.61. The second kappa shape index (κ2) is 9.79. The molecule has 7 heteroatoms. The molecule has 1 heterocycles. The van der Waals surface area contributed by atoms with E-state index >= 15 is 0 Å². The van der Waals surface area contributed by atoms with Gasteiger partial charge in [-0.2, -0.15) is 0 Å². The zero-order chi connectivity index (χ0) is 22.5. The molecule has 0 aliphatic carbocycles. The molecular weight excluding hydrogens is 384 g/mol. The summed E-state index contributed by atoms with van der Waals surface area (Å²) in [5, 5.41) is 0. The highest BCUT2D eigenvalue weighted by Gasteiger charge is 2.39. The second-order valence-corrected chi connectivity index (χ2v) is 9.95. The number of esters is 1. The quantitative estimate of drug-likeness (QED) is 0.555. The van der Waals surface area contributed by atoms with Crippen molar-refractivity contribution in [3.63, 3.8) is 0 Å². The van der Waals surface area contributed by atoms with Crippen molar-refractivity contribution in [1.82, 2.24) is 4.90 Å². The van der Waals surface area contributed by atoms with Crippen LogP contribution in [-0.2, 0) is 32.1 Å². The molecule has 0 unspecified atom stereocenters. The molecule has 0 bridgehead atoms. The van der Waals surface area contributed by atoms with Gasteiger partial charge in [0.15, 0.2) is 0 Å². The Balaban J connectivity index is 2.17. The van der Waals surface area contributed by atoms with Gasteiger partial charge in [0.1, 0.15) is 11.2 Å². The van der Waals surface area contributed by atoms with Gasteiger partial charge in [0.2, 0.25) is 0 Å². The summed E-state index contributed by atoms with van der Waals surface area (Å²) in [7, 11) is 0. The van der Waals surface area contributed by atoms with Crippen LogP contribution in [0.5, 0.6) is 0 Å². The van der Waals surface area contributed by atoms with E-state index in [1.54, 1.807) is 4.90 Å². The first-order valence-electron chi connectivity index (χ1n) is 10.5. The molecular formula is C23H36N2O5. The summed E-state index contributed by atoms with van der Waals surface area (Å²) in [6.07, 6.45) is 0.921. The summed E-state index contributed by atoms with van der Waals surface area (Å²) in [6.45, 7) is 12.5. The minimum atomic E-state index is -0.575. The van der Waals surface area contributed by atoms with E-state index < -0.39 is 11.2 Å². The van der Waals surface area contributed by atoms with E-state index in [-0.39, 0.29) is 23.9 Å². The highest BCUT2D eigenvalue weighted by molar-refractivity contribution is 5.74. The van der Waals surface area contributed by atoms with Crippen molar-refractivity contribution in [2.45, 2.75) is 72.2 Å². The van der Waals surface area contributed by atoms with Crippen LogP contribution in [0.2, 0.25) is 0 Å². The summed E-state index contributed by atoms with van der Waals surface area (Å²) in [5.74, 6) is 4.60. The molecule has 0 saturated carbocycles. The fourth-order valence-electron chi connectivity index (χ4n) is 3.62. The standard InChI is InChI=1S/C23H36N2O5/c1-22(2,3)29-20(26)19(13-16-8-7-9-17(12-16)15-28-24)18-10-11-25(14-18)21(27)30-23(4,5)6/h7-9,12,18-19H,10-11,13-15,24H2,1-6H3/t18-,19-/m0/s1. The van der Waals surface area contributed by atoms with E-state index in [0.717, 1.165) is 17.5 Å². The lowest BCUT2D eigenvalue weighted by atomic mass is 9.85. The number of carbonyl (C=O) groups excluding carboxylic acids is 2. The minimum absolute atomic E-state index is 0.00165. The first kappa shape index (κ1) is 24.2. The van der Waals surface area contributed by atoms with Crippen LogP contribution >= 0.6 is 0 Å². The van der Waals surface area contributed by atoms with Gasteiger partial charge in [0.05, 0.1) is 12.5 Å². The average Bonchev–Trinajstić information content (AvgIpc) is 3.07. The van der Waals surface area contributed by atoms with Crippen molar-refractivity contribution in [1.29, 1.82) is 0 Å². The Morgan fingerprint density at radius 3 is 2.33 bits per heavy atom. The van der Waals surface area contributed by atoms with Gasteiger partial charge in [-0.25, -0.2) is 10.7 Å². The zero-order valence-corrected chi connectivity index (χ0v) is 19.1. The molecule has 7 nitrogen and oxygen atoms in total. The number of nitrogens with two attached hydrogens (primary N) is 1. The van der Waals surface area contributed by atoms with Gasteiger partial charge in [-0.05, 0) is 71.4 Å². The number of hydrogen-bond donors (Lipinski definition) is 1. The maximum Gasteiger partial charge on any atom is 0.410 e. The third-order valence-corrected chi connectivity index (χ3v) is 4.85. The van der Waals surface area contributed by atoms with Crippen LogP contribution in [-0.4, -0.2) is 41.3 Å².